The molecule has 1 aromatic heterocycles. The van der Waals surface area contributed by atoms with Crippen molar-refractivity contribution in [1.29, 1.82) is 0 Å². The van der Waals surface area contributed by atoms with Gasteiger partial charge in [0.2, 0.25) is 0 Å². The standard InChI is InChI=1S/C15H21NO4/c1-15(2,3)12-7-6-11(14(18)19)13(17)16(12)9-10-5-4-8-20-10/h6-7,10H,4-5,8-9H2,1-3H3,(H,18,19). The Kier molecular flexibility index (Phi) is 3.99. The summed E-state index contributed by atoms with van der Waals surface area (Å²) in [5.74, 6) is -1.18. The number of rotatable bonds is 3. The molecule has 0 bridgehead atoms. The van der Waals surface area contributed by atoms with Gasteiger partial charge in [0.15, 0.2) is 0 Å². The van der Waals surface area contributed by atoms with E-state index in [9.17, 15) is 9.59 Å². The summed E-state index contributed by atoms with van der Waals surface area (Å²) in [7, 11) is 0. The maximum Gasteiger partial charge on any atom is 0.341 e. The third-order valence-corrected chi connectivity index (χ3v) is 3.58. The topological polar surface area (TPSA) is 68.5 Å². The number of carbonyl (C=O) groups is 1. The van der Waals surface area contributed by atoms with Gasteiger partial charge in [-0.25, -0.2) is 4.79 Å². The summed E-state index contributed by atoms with van der Waals surface area (Å²) in [6.45, 7) is 7.16. The Bertz CT molecular complexity index is 562. The SMILES string of the molecule is CC(C)(C)c1ccc(C(=O)O)c(=O)n1CC1CCCO1. The lowest BCUT2D eigenvalue weighted by molar-refractivity contribution is 0.0690. The molecule has 0 spiro atoms. The molecule has 0 aliphatic carbocycles. The number of aromatic carboxylic acids is 1. The van der Waals surface area contributed by atoms with E-state index in [-0.39, 0.29) is 17.1 Å². The first kappa shape index (κ1) is 14.8. The molecule has 0 amide bonds. The highest BCUT2D eigenvalue weighted by atomic mass is 16.5. The average molecular weight is 279 g/mol. The number of pyridine rings is 1. The summed E-state index contributed by atoms with van der Waals surface area (Å²) >= 11 is 0. The first-order valence-electron chi connectivity index (χ1n) is 6.90. The van der Waals surface area contributed by atoms with Crippen LogP contribution in [-0.4, -0.2) is 28.4 Å². The van der Waals surface area contributed by atoms with Gasteiger partial charge in [-0.05, 0) is 25.0 Å². The van der Waals surface area contributed by atoms with E-state index in [1.54, 1.807) is 10.6 Å². The fraction of sp³-hybridized carbons (Fsp3) is 0.600. The zero-order valence-electron chi connectivity index (χ0n) is 12.2. The minimum absolute atomic E-state index is 0.00200. The van der Waals surface area contributed by atoms with Crippen LogP contribution >= 0.6 is 0 Å². The average Bonchev–Trinajstić information content (AvgIpc) is 2.82. The molecule has 20 heavy (non-hydrogen) atoms. The molecule has 1 aromatic rings. The summed E-state index contributed by atoms with van der Waals surface area (Å²) in [4.78, 5) is 23.5. The maximum atomic E-state index is 12.4. The molecule has 1 aliphatic heterocycles. The van der Waals surface area contributed by atoms with Crippen LogP contribution in [-0.2, 0) is 16.7 Å². The molecular weight excluding hydrogens is 258 g/mol. The highest BCUT2D eigenvalue weighted by Crippen LogP contribution is 2.23. The summed E-state index contributed by atoms with van der Waals surface area (Å²) in [6.07, 6.45) is 1.90. The summed E-state index contributed by atoms with van der Waals surface area (Å²) in [6, 6.07) is 3.14. The molecule has 1 N–H and O–H groups in total. The molecule has 1 atom stereocenters. The molecule has 0 saturated carbocycles. The molecule has 0 radical (unpaired) electrons. The fourth-order valence-corrected chi connectivity index (χ4v) is 2.57. The van der Waals surface area contributed by atoms with Crippen molar-refractivity contribution >= 4 is 5.97 Å². The smallest absolute Gasteiger partial charge is 0.341 e. The normalized spacial score (nSPS) is 19.2. The molecule has 1 saturated heterocycles. The number of hydrogen-bond donors (Lipinski definition) is 1. The lowest BCUT2D eigenvalue weighted by atomic mass is 9.90. The highest BCUT2D eigenvalue weighted by molar-refractivity contribution is 5.87. The molecule has 2 heterocycles. The molecule has 5 heteroatoms. The van der Waals surface area contributed by atoms with E-state index in [4.69, 9.17) is 9.84 Å². The van der Waals surface area contributed by atoms with Crippen molar-refractivity contribution < 1.29 is 14.6 Å². The molecule has 1 fully saturated rings. The molecule has 1 unspecified atom stereocenters. The van der Waals surface area contributed by atoms with Gasteiger partial charge < -0.3 is 14.4 Å². The maximum absolute atomic E-state index is 12.4. The van der Waals surface area contributed by atoms with E-state index in [0.29, 0.717) is 13.2 Å². The number of carboxylic acids is 1. The van der Waals surface area contributed by atoms with Crippen molar-refractivity contribution in [2.24, 2.45) is 0 Å². The lowest BCUT2D eigenvalue weighted by Crippen LogP contribution is -2.36. The van der Waals surface area contributed by atoms with E-state index < -0.39 is 11.5 Å². The lowest BCUT2D eigenvalue weighted by Gasteiger charge is -2.25. The first-order valence-corrected chi connectivity index (χ1v) is 6.90. The predicted octanol–water partition coefficient (Wildman–Crippen LogP) is 2.02. The van der Waals surface area contributed by atoms with Crippen LogP contribution in [0, 0.1) is 0 Å². The molecular formula is C15H21NO4. The van der Waals surface area contributed by atoms with Crippen molar-refractivity contribution in [2.45, 2.75) is 51.7 Å². The Morgan fingerprint density at radius 1 is 1.45 bits per heavy atom. The van der Waals surface area contributed by atoms with Gasteiger partial charge in [-0.1, -0.05) is 20.8 Å². The zero-order chi connectivity index (χ0) is 14.9. The fourth-order valence-electron chi connectivity index (χ4n) is 2.57. The van der Waals surface area contributed by atoms with E-state index in [1.165, 1.54) is 6.07 Å². The van der Waals surface area contributed by atoms with Gasteiger partial charge in [0.1, 0.15) is 5.56 Å². The van der Waals surface area contributed by atoms with Crippen LogP contribution in [0.4, 0.5) is 0 Å². The first-order chi connectivity index (χ1) is 9.30. The van der Waals surface area contributed by atoms with Crippen molar-refractivity contribution in [2.75, 3.05) is 6.61 Å². The van der Waals surface area contributed by atoms with Crippen molar-refractivity contribution in [3.05, 3.63) is 33.7 Å². The van der Waals surface area contributed by atoms with E-state index in [2.05, 4.69) is 0 Å². The molecule has 110 valence electrons. The summed E-state index contributed by atoms with van der Waals surface area (Å²) in [5.41, 5.74) is -0.0196. The Morgan fingerprint density at radius 3 is 2.65 bits per heavy atom. The molecule has 5 nitrogen and oxygen atoms in total. The van der Waals surface area contributed by atoms with Crippen LogP contribution in [0.15, 0.2) is 16.9 Å². The Morgan fingerprint density at radius 2 is 2.15 bits per heavy atom. The van der Waals surface area contributed by atoms with Gasteiger partial charge in [0, 0.05) is 17.7 Å². The predicted molar refractivity (Wildman–Crippen MR) is 75.3 cm³/mol. The van der Waals surface area contributed by atoms with Gasteiger partial charge in [0.05, 0.1) is 12.6 Å². The number of aromatic nitrogens is 1. The van der Waals surface area contributed by atoms with Crippen molar-refractivity contribution in [1.82, 2.24) is 4.57 Å². The summed E-state index contributed by atoms with van der Waals surface area (Å²) < 4.78 is 7.14. The second-order valence-electron chi connectivity index (χ2n) is 6.24. The van der Waals surface area contributed by atoms with Gasteiger partial charge in [-0.3, -0.25) is 4.79 Å². The van der Waals surface area contributed by atoms with Crippen LogP contribution < -0.4 is 5.56 Å². The van der Waals surface area contributed by atoms with Gasteiger partial charge in [0.25, 0.3) is 5.56 Å². The monoisotopic (exact) mass is 279 g/mol. The number of hydrogen-bond acceptors (Lipinski definition) is 3. The Balaban J connectivity index is 2.50. The van der Waals surface area contributed by atoms with Crippen LogP contribution in [0.5, 0.6) is 0 Å². The summed E-state index contributed by atoms with van der Waals surface area (Å²) in [5, 5.41) is 9.10. The molecule has 0 aromatic carbocycles. The molecule has 2 rings (SSSR count). The van der Waals surface area contributed by atoms with Crippen LogP contribution in [0.2, 0.25) is 0 Å². The van der Waals surface area contributed by atoms with Gasteiger partial charge in [-0.15, -0.1) is 0 Å². The zero-order valence-corrected chi connectivity index (χ0v) is 12.2. The minimum Gasteiger partial charge on any atom is -0.477 e. The van der Waals surface area contributed by atoms with E-state index in [0.717, 1.165) is 18.5 Å². The van der Waals surface area contributed by atoms with Crippen molar-refractivity contribution in [3.63, 3.8) is 0 Å². The second-order valence-corrected chi connectivity index (χ2v) is 6.24. The third-order valence-electron chi connectivity index (χ3n) is 3.58. The minimum atomic E-state index is -1.18. The van der Waals surface area contributed by atoms with Gasteiger partial charge >= 0.3 is 5.97 Å². The van der Waals surface area contributed by atoms with Crippen LogP contribution in [0.3, 0.4) is 0 Å². The second kappa shape index (κ2) is 5.40. The van der Waals surface area contributed by atoms with Crippen molar-refractivity contribution in [3.8, 4) is 0 Å². The number of ether oxygens (including phenoxy) is 1. The largest absolute Gasteiger partial charge is 0.477 e. The van der Waals surface area contributed by atoms with E-state index in [1.807, 2.05) is 20.8 Å². The Labute approximate surface area is 118 Å². The Hall–Kier alpha value is -1.62. The molecule has 1 aliphatic rings. The highest BCUT2D eigenvalue weighted by Gasteiger charge is 2.25. The van der Waals surface area contributed by atoms with Crippen LogP contribution in [0.1, 0.15) is 49.7 Å². The van der Waals surface area contributed by atoms with E-state index >= 15 is 0 Å². The quantitative estimate of drug-likeness (QED) is 0.919. The van der Waals surface area contributed by atoms with Crippen LogP contribution in [0.25, 0.3) is 0 Å². The number of carboxylic acid groups (broad SMARTS) is 1. The number of nitrogens with zero attached hydrogens (tertiary/aromatic N) is 1. The third kappa shape index (κ3) is 2.93. The van der Waals surface area contributed by atoms with Gasteiger partial charge in [-0.2, -0.15) is 0 Å².